The number of aromatic nitrogens is 4. The van der Waals surface area contributed by atoms with Crippen LogP contribution in [0.5, 0.6) is 0 Å². The van der Waals surface area contributed by atoms with Crippen LogP contribution in [0.2, 0.25) is 0 Å². The van der Waals surface area contributed by atoms with Crippen molar-refractivity contribution in [3.05, 3.63) is 36.4 Å². The minimum Gasteiger partial charge on any atom is -0.384 e. The first-order chi connectivity index (χ1) is 11.7. The highest BCUT2D eigenvalue weighted by Crippen LogP contribution is 2.21. The van der Waals surface area contributed by atoms with E-state index in [1.165, 1.54) is 12.3 Å². The minimum absolute atomic E-state index is 0.306. The van der Waals surface area contributed by atoms with Crippen LogP contribution in [0.4, 0.5) is 16.0 Å². The molecule has 0 unspecified atom stereocenters. The lowest BCUT2D eigenvalue weighted by Crippen LogP contribution is -2.38. The van der Waals surface area contributed by atoms with Crippen molar-refractivity contribution in [2.75, 3.05) is 24.1 Å². The SMILES string of the molecule is Nc1cc(N[C@@H]2CCCNC2)nc(-c2cnc3ccc(F)cn23)n1. The van der Waals surface area contributed by atoms with Gasteiger partial charge in [0.1, 0.15) is 28.8 Å². The van der Waals surface area contributed by atoms with Crippen molar-refractivity contribution in [3.8, 4) is 11.5 Å². The molecule has 24 heavy (non-hydrogen) atoms. The predicted octanol–water partition coefficient (Wildman–Crippen LogP) is 1.68. The average Bonchev–Trinajstić information content (AvgIpc) is 2.98. The van der Waals surface area contributed by atoms with Crippen LogP contribution in [-0.2, 0) is 0 Å². The number of nitrogen functional groups attached to an aromatic ring is 1. The maximum Gasteiger partial charge on any atom is 0.182 e. The van der Waals surface area contributed by atoms with E-state index in [1.54, 1.807) is 22.7 Å². The van der Waals surface area contributed by atoms with Gasteiger partial charge in [0.15, 0.2) is 5.82 Å². The first-order valence-corrected chi connectivity index (χ1v) is 7.94. The monoisotopic (exact) mass is 327 g/mol. The Hall–Kier alpha value is -2.74. The molecule has 1 fully saturated rings. The van der Waals surface area contributed by atoms with Gasteiger partial charge in [-0.25, -0.2) is 19.3 Å². The molecule has 0 radical (unpaired) electrons. The Morgan fingerprint density at radius 1 is 1.33 bits per heavy atom. The summed E-state index contributed by atoms with van der Waals surface area (Å²) < 4.78 is 15.2. The summed E-state index contributed by atoms with van der Waals surface area (Å²) in [5.74, 6) is 1.09. The molecule has 0 bridgehead atoms. The summed E-state index contributed by atoms with van der Waals surface area (Å²) in [5.41, 5.74) is 7.16. The molecular formula is C16H18FN7. The van der Waals surface area contributed by atoms with Gasteiger partial charge in [-0.05, 0) is 31.5 Å². The molecule has 0 spiro atoms. The Morgan fingerprint density at radius 3 is 3.08 bits per heavy atom. The van der Waals surface area contributed by atoms with E-state index in [0.717, 1.165) is 25.9 Å². The van der Waals surface area contributed by atoms with Crippen molar-refractivity contribution in [2.24, 2.45) is 0 Å². The standard InChI is InChI=1S/C16H18FN7/c17-10-3-4-15-20-8-12(24(15)9-10)16-22-13(18)6-14(23-16)21-11-2-1-5-19-7-11/h3-4,6,8-9,11,19H,1-2,5,7H2,(H3,18,21,22,23)/t11-/m1/s1. The Bertz CT molecular complexity index is 870. The molecule has 0 aromatic carbocycles. The van der Waals surface area contributed by atoms with E-state index in [0.29, 0.717) is 34.8 Å². The van der Waals surface area contributed by atoms with Gasteiger partial charge in [0.25, 0.3) is 0 Å². The summed E-state index contributed by atoms with van der Waals surface area (Å²) in [7, 11) is 0. The van der Waals surface area contributed by atoms with Crippen LogP contribution in [0.15, 0.2) is 30.6 Å². The zero-order chi connectivity index (χ0) is 16.5. The molecule has 1 aliphatic rings. The van der Waals surface area contributed by atoms with Crippen molar-refractivity contribution in [2.45, 2.75) is 18.9 Å². The molecule has 3 aromatic heterocycles. The molecule has 1 aliphatic heterocycles. The largest absolute Gasteiger partial charge is 0.384 e. The Balaban J connectivity index is 1.70. The molecule has 4 rings (SSSR count). The number of nitrogens with zero attached hydrogens (tertiary/aromatic N) is 4. The topological polar surface area (TPSA) is 93.2 Å². The van der Waals surface area contributed by atoms with Crippen LogP contribution in [-0.4, -0.2) is 38.5 Å². The number of halogens is 1. The molecule has 8 heteroatoms. The summed E-state index contributed by atoms with van der Waals surface area (Å²) in [6.07, 6.45) is 5.18. The third kappa shape index (κ3) is 2.88. The van der Waals surface area contributed by atoms with Gasteiger partial charge in [-0.3, -0.25) is 4.40 Å². The molecule has 4 N–H and O–H groups in total. The first kappa shape index (κ1) is 14.8. The molecule has 7 nitrogen and oxygen atoms in total. The lowest BCUT2D eigenvalue weighted by molar-refractivity contribution is 0.479. The zero-order valence-electron chi connectivity index (χ0n) is 13.0. The van der Waals surface area contributed by atoms with E-state index in [-0.39, 0.29) is 5.82 Å². The molecule has 3 aromatic rings. The van der Waals surface area contributed by atoms with Crippen molar-refractivity contribution in [3.63, 3.8) is 0 Å². The number of fused-ring (bicyclic) bond motifs is 1. The Labute approximate surface area is 138 Å². The number of hydrogen-bond acceptors (Lipinski definition) is 6. The highest BCUT2D eigenvalue weighted by Gasteiger charge is 2.16. The highest BCUT2D eigenvalue weighted by molar-refractivity contribution is 5.61. The van der Waals surface area contributed by atoms with E-state index in [2.05, 4.69) is 25.6 Å². The smallest absolute Gasteiger partial charge is 0.182 e. The molecule has 4 heterocycles. The van der Waals surface area contributed by atoms with E-state index in [1.807, 2.05) is 0 Å². The molecular weight excluding hydrogens is 309 g/mol. The van der Waals surface area contributed by atoms with Crippen molar-refractivity contribution in [1.29, 1.82) is 0 Å². The number of nitrogens with two attached hydrogens (primary N) is 1. The third-order valence-corrected chi connectivity index (χ3v) is 4.09. The summed E-state index contributed by atoms with van der Waals surface area (Å²) in [6, 6.07) is 5.00. The number of nitrogens with one attached hydrogen (secondary N) is 2. The Morgan fingerprint density at radius 2 is 2.25 bits per heavy atom. The van der Waals surface area contributed by atoms with Gasteiger partial charge in [0.05, 0.1) is 6.20 Å². The number of piperidine rings is 1. The van der Waals surface area contributed by atoms with E-state index in [9.17, 15) is 4.39 Å². The Kier molecular flexibility index (Phi) is 3.73. The normalized spacial score (nSPS) is 18.0. The minimum atomic E-state index is -0.350. The fourth-order valence-electron chi connectivity index (χ4n) is 2.96. The number of anilines is 2. The molecule has 124 valence electrons. The second-order valence-corrected chi connectivity index (χ2v) is 5.91. The third-order valence-electron chi connectivity index (χ3n) is 4.09. The molecule has 0 aliphatic carbocycles. The van der Waals surface area contributed by atoms with Crippen LogP contribution in [0.1, 0.15) is 12.8 Å². The second-order valence-electron chi connectivity index (χ2n) is 5.91. The van der Waals surface area contributed by atoms with Crippen LogP contribution in [0, 0.1) is 5.82 Å². The second kappa shape index (κ2) is 6.04. The fraction of sp³-hybridized carbons (Fsp3) is 0.312. The van der Waals surface area contributed by atoms with Crippen LogP contribution in [0.3, 0.4) is 0 Å². The first-order valence-electron chi connectivity index (χ1n) is 7.94. The van der Waals surface area contributed by atoms with Gasteiger partial charge in [0, 0.05) is 24.8 Å². The molecule has 0 amide bonds. The highest BCUT2D eigenvalue weighted by atomic mass is 19.1. The van der Waals surface area contributed by atoms with Gasteiger partial charge >= 0.3 is 0 Å². The van der Waals surface area contributed by atoms with Crippen LogP contribution < -0.4 is 16.4 Å². The number of pyridine rings is 1. The fourth-order valence-corrected chi connectivity index (χ4v) is 2.96. The van der Waals surface area contributed by atoms with Gasteiger partial charge < -0.3 is 16.4 Å². The maximum atomic E-state index is 13.5. The van der Waals surface area contributed by atoms with Gasteiger partial charge in [-0.15, -0.1) is 0 Å². The number of hydrogen-bond donors (Lipinski definition) is 3. The van der Waals surface area contributed by atoms with Crippen molar-refractivity contribution >= 4 is 17.3 Å². The van der Waals surface area contributed by atoms with Crippen LogP contribution >= 0.6 is 0 Å². The van der Waals surface area contributed by atoms with Gasteiger partial charge in [-0.2, -0.15) is 0 Å². The van der Waals surface area contributed by atoms with Crippen molar-refractivity contribution in [1.82, 2.24) is 24.7 Å². The van der Waals surface area contributed by atoms with Crippen molar-refractivity contribution < 1.29 is 4.39 Å². The summed E-state index contributed by atoms with van der Waals surface area (Å²) in [4.78, 5) is 13.1. The molecule has 1 saturated heterocycles. The quantitative estimate of drug-likeness (QED) is 0.678. The maximum absolute atomic E-state index is 13.5. The summed E-state index contributed by atoms with van der Waals surface area (Å²) >= 11 is 0. The molecule has 0 saturated carbocycles. The number of rotatable bonds is 3. The summed E-state index contributed by atoms with van der Waals surface area (Å²) in [5, 5.41) is 6.74. The lowest BCUT2D eigenvalue weighted by atomic mass is 10.1. The lowest BCUT2D eigenvalue weighted by Gasteiger charge is -2.24. The predicted molar refractivity (Wildman–Crippen MR) is 90.1 cm³/mol. The molecule has 1 atom stereocenters. The van der Waals surface area contributed by atoms with Gasteiger partial charge in [-0.1, -0.05) is 0 Å². The number of imidazole rings is 1. The van der Waals surface area contributed by atoms with Crippen LogP contribution in [0.25, 0.3) is 17.2 Å². The van der Waals surface area contributed by atoms with E-state index < -0.39 is 0 Å². The van der Waals surface area contributed by atoms with E-state index >= 15 is 0 Å². The average molecular weight is 327 g/mol. The zero-order valence-corrected chi connectivity index (χ0v) is 13.0. The van der Waals surface area contributed by atoms with E-state index in [4.69, 9.17) is 5.73 Å². The summed E-state index contributed by atoms with van der Waals surface area (Å²) in [6.45, 7) is 1.93. The van der Waals surface area contributed by atoms with Gasteiger partial charge in [0.2, 0.25) is 0 Å².